The summed E-state index contributed by atoms with van der Waals surface area (Å²) in [5.74, 6) is 0. The summed E-state index contributed by atoms with van der Waals surface area (Å²) in [6.07, 6.45) is -8.72. The molecule has 0 aromatic heterocycles. The van der Waals surface area contributed by atoms with Gasteiger partial charge in [-0.05, 0) is 36.7 Å². The number of rotatable bonds is 4. The number of halogens is 6. The average Bonchev–Trinajstić information content (AvgIpc) is 3.19. The fraction of sp³-hybridized carbons (Fsp3) is 0.350. The van der Waals surface area contributed by atoms with Crippen molar-refractivity contribution < 1.29 is 26.3 Å². The second-order valence-corrected chi connectivity index (χ2v) is 6.74. The van der Waals surface area contributed by atoms with E-state index in [0.29, 0.717) is 19.5 Å². The summed E-state index contributed by atoms with van der Waals surface area (Å²) < 4.78 is 80.3. The van der Waals surface area contributed by atoms with E-state index in [2.05, 4.69) is 10.2 Å². The summed E-state index contributed by atoms with van der Waals surface area (Å²) in [6.45, 7) is 7.83. The number of alkyl halides is 6. The summed E-state index contributed by atoms with van der Waals surface area (Å²) in [4.78, 5) is 4.46. The highest BCUT2D eigenvalue weighted by Gasteiger charge is 2.36. The fourth-order valence-electron chi connectivity index (χ4n) is 3.48. The Hall–Kier alpha value is -2.73. The quantitative estimate of drug-likeness (QED) is 0.517. The fourth-order valence-corrected chi connectivity index (χ4v) is 3.48. The molecule has 0 spiro atoms. The van der Waals surface area contributed by atoms with Crippen LogP contribution in [0.2, 0.25) is 0 Å². The van der Waals surface area contributed by atoms with Gasteiger partial charge >= 0.3 is 12.4 Å². The molecular formula is C20H17F6N3. The van der Waals surface area contributed by atoms with Crippen LogP contribution in [0.5, 0.6) is 0 Å². The minimum absolute atomic E-state index is 0.0188. The first-order chi connectivity index (χ1) is 13.6. The third kappa shape index (κ3) is 4.65. The van der Waals surface area contributed by atoms with E-state index in [9.17, 15) is 26.3 Å². The van der Waals surface area contributed by atoms with Gasteiger partial charge in [0.1, 0.15) is 0 Å². The molecule has 2 aromatic rings. The second-order valence-electron chi connectivity index (χ2n) is 6.74. The van der Waals surface area contributed by atoms with Crippen LogP contribution in [-0.2, 0) is 18.9 Å². The minimum Gasteiger partial charge on any atom is -0.363 e. The zero-order valence-electron chi connectivity index (χ0n) is 15.1. The number of nitrogens with one attached hydrogen (secondary N) is 1. The molecule has 9 heteroatoms. The maximum Gasteiger partial charge on any atom is 0.416 e. The largest absolute Gasteiger partial charge is 0.416 e. The van der Waals surface area contributed by atoms with Crippen LogP contribution < -0.4 is 10.2 Å². The molecule has 1 saturated heterocycles. The van der Waals surface area contributed by atoms with Crippen molar-refractivity contribution in [3.05, 3.63) is 70.6 Å². The van der Waals surface area contributed by atoms with Gasteiger partial charge in [-0.15, -0.1) is 0 Å². The molecule has 154 valence electrons. The van der Waals surface area contributed by atoms with Crippen LogP contribution in [0.3, 0.4) is 0 Å². The zero-order chi connectivity index (χ0) is 21.2. The van der Waals surface area contributed by atoms with Crippen LogP contribution in [-0.4, -0.2) is 19.1 Å². The van der Waals surface area contributed by atoms with E-state index in [1.54, 1.807) is 4.90 Å². The molecule has 0 amide bonds. The predicted octanol–water partition coefficient (Wildman–Crippen LogP) is 5.64. The van der Waals surface area contributed by atoms with Gasteiger partial charge in [-0.3, -0.25) is 0 Å². The smallest absolute Gasteiger partial charge is 0.363 e. The van der Waals surface area contributed by atoms with E-state index in [0.717, 1.165) is 18.2 Å². The van der Waals surface area contributed by atoms with Crippen molar-refractivity contribution in [3.8, 4) is 0 Å². The van der Waals surface area contributed by atoms with E-state index in [1.165, 1.54) is 24.3 Å². The highest BCUT2D eigenvalue weighted by Crippen LogP contribution is 2.40. The molecule has 1 heterocycles. The molecule has 1 aliphatic heterocycles. The first-order valence-corrected chi connectivity index (χ1v) is 8.82. The van der Waals surface area contributed by atoms with Crippen LogP contribution in [0.15, 0.2) is 42.5 Å². The second kappa shape index (κ2) is 7.95. The van der Waals surface area contributed by atoms with E-state index in [4.69, 9.17) is 6.57 Å². The first kappa shape index (κ1) is 21.0. The Balaban J connectivity index is 2.06. The Morgan fingerprint density at radius 2 is 1.69 bits per heavy atom. The normalized spacial score (nSPS) is 17.2. The third-order valence-corrected chi connectivity index (χ3v) is 4.88. The number of hydrogen-bond acceptors (Lipinski definition) is 2. The molecular weight excluding hydrogens is 396 g/mol. The summed E-state index contributed by atoms with van der Waals surface area (Å²) in [5.41, 5.74) is -2.33. The van der Waals surface area contributed by atoms with Crippen molar-refractivity contribution in [3.63, 3.8) is 0 Å². The van der Waals surface area contributed by atoms with Crippen molar-refractivity contribution in [2.75, 3.05) is 18.0 Å². The Bertz CT molecular complexity index is 908. The number of hydrogen-bond donors (Lipinski definition) is 1. The first-order valence-electron chi connectivity index (χ1n) is 8.82. The van der Waals surface area contributed by atoms with Crippen LogP contribution in [0.1, 0.15) is 23.1 Å². The van der Waals surface area contributed by atoms with Crippen LogP contribution in [0.4, 0.5) is 37.7 Å². The molecule has 3 rings (SSSR count). The Kier molecular flexibility index (Phi) is 5.75. The molecule has 0 aliphatic carbocycles. The summed E-state index contributed by atoms with van der Waals surface area (Å²) >= 11 is 0. The van der Waals surface area contributed by atoms with Crippen molar-refractivity contribution in [2.24, 2.45) is 0 Å². The van der Waals surface area contributed by atoms with Gasteiger partial charge in [0.05, 0.1) is 17.7 Å². The van der Waals surface area contributed by atoms with E-state index in [-0.39, 0.29) is 23.8 Å². The minimum atomic E-state index is -4.74. The molecule has 0 bridgehead atoms. The molecule has 1 aliphatic rings. The maximum absolute atomic E-state index is 13.4. The Labute approximate surface area is 163 Å². The molecule has 0 unspecified atom stereocenters. The van der Waals surface area contributed by atoms with E-state index < -0.39 is 29.2 Å². The van der Waals surface area contributed by atoms with Crippen LogP contribution in [0, 0.1) is 6.57 Å². The van der Waals surface area contributed by atoms with Gasteiger partial charge in [-0.1, -0.05) is 24.3 Å². The van der Waals surface area contributed by atoms with Gasteiger partial charge < -0.3 is 10.2 Å². The molecule has 1 atom stereocenters. The Morgan fingerprint density at radius 1 is 1.00 bits per heavy atom. The molecule has 1 N–H and O–H groups in total. The van der Waals surface area contributed by atoms with E-state index >= 15 is 0 Å². The Morgan fingerprint density at radius 3 is 2.28 bits per heavy atom. The van der Waals surface area contributed by atoms with Gasteiger partial charge in [0, 0.05) is 24.8 Å². The highest BCUT2D eigenvalue weighted by molar-refractivity contribution is 5.63. The lowest BCUT2D eigenvalue weighted by Crippen LogP contribution is -2.37. The summed E-state index contributed by atoms with van der Waals surface area (Å²) in [5, 5.41) is 3.09. The van der Waals surface area contributed by atoms with Crippen molar-refractivity contribution in [1.29, 1.82) is 0 Å². The van der Waals surface area contributed by atoms with Crippen LogP contribution in [0.25, 0.3) is 4.85 Å². The van der Waals surface area contributed by atoms with E-state index in [1.807, 2.05) is 0 Å². The summed E-state index contributed by atoms with van der Waals surface area (Å²) in [7, 11) is 0. The monoisotopic (exact) mass is 413 g/mol. The predicted molar refractivity (Wildman–Crippen MR) is 96.6 cm³/mol. The zero-order valence-corrected chi connectivity index (χ0v) is 15.1. The van der Waals surface area contributed by atoms with Gasteiger partial charge in [-0.25, -0.2) is 4.85 Å². The summed E-state index contributed by atoms with van der Waals surface area (Å²) in [6, 6.07) is 8.05. The van der Waals surface area contributed by atoms with Crippen molar-refractivity contribution in [1.82, 2.24) is 5.32 Å². The van der Waals surface area contributed by atoms with Gasteiger partial charge in [0.25, 0.3) is 0 Å². The van der Waals surface area contributed by atoms with Gasteiger partial charge in [-0.2, -0.15) is 26.3 Å². The average molecular weight is 413 g/mol. The van der Waals surface area contributed by atoms with Gasteiger partial charge in [0.2, 0.25) is 0 Å². The lowest BCUT2D eigenvalue weighted by Gasteiger charge is -2.32. The number of benzene rings is 2. The lowest BCUT2D eigenvalue weighted by molar-refractivity contribution is -0.138. The topological polar surface area (TPSA) is 19.6 Å². The highest BCUT2D eigenvalue weighted by atomic mass is 19.4. The van der Waals surface area contributed by atoms with Crippen LogP contribution >= 0.6 is 0 Å². The maximum atomic E-state index is 13.4. The molecule has 0 saturated carbocycles. The molecule has 1 fully saturated rings. The molecule has 0 radical (unpaired) electrons. The van der Waals surface area contributed by atoms with Crippen molar-refractivity contribution >= 4 is 11.4 Å². The third-order valence-electron chi connectivity index (χ3n) is 4.88. The lowest BCUT2D eigenvalue weighted by atomic mass is 10.0. The molecule has 2 aromatic carbocycles. The standard InChI is InChI=1S/C20H17F6N3/c1-27-18-7-6-14(10-17(18)20(24,25)26)29(15-8-9-28-11-15)12-13-4-2-3-5-16(13)19(21,22)23/h2-7,10,15,28H,8-9,11-12H2/t15-/m0/s1. The SMILES string of the molecule is [C-]#[N+]c1ccc(N(Cc2ccccc2C(F)(F)F)[C@H]2CCNC2)cc1C(F)(F)F. The number of nitrogens with zero attached hydrogens (tertiary/aromatic N) is 2. The van der Waals surface area contributed by atoms with Crippen molar-refractivity contribution in [2.45, 2.75) is 31.4 Å². The van der Waals surface area contributed by atoms with Gasteiger partial charge in [0.15, 0.2) is 5.69 Å². The number of anilines is 1. The molecule has 3 nitrogen and oxygen atoms in total. The molecule has 29 heavy (non-hydrogen) atoms.